The summed E-state index contributed by atoms with van der Waals surface area (Å²) < 4.78 is 0. The zero-order valence-electron chi connectivity index (χ0n) is 2.51. The molecule has 0 heterocycles. The SMILES string of the molecule is ClBr.ClBr.[Pb].[Pb]. The van der Waals surface area contributed by atoms with E-state index < -0.39 is 0 Å². The smallest absolute Gasteiger partial charge is 0.0341 e. The van der Waals surface area contributed by atoms with E-state index in [2.05, 4.69) is 50.3 Å². The molecular formula is Br2Cl2Pb2. The molecule has 0 rings (SSSR count). The van der Waals surface area contributed by atoms with E-state index in [0.717, 1.165) is 0 Å². The van der Waals surface area contributed by atoms with Crippen LogP contribution in [0.2, 0.25) is 0 Å². The molecule has 0 unspecified atom stereocenters. The Balaban J connectivity index is -0.00000000500. The van der Waals surface area contributed by atoms with Crippen molar-refractivity contribution in [2.75, 3.05) is 0 Å². The van der Waals surface area contributed by atoms with Gasteiger partial charge in [-0.1, -0.05) is 0 Å². The molecule has 0 aromatic rings. The molecule has 0 saturated carbocycles. The van der Waals surface area contributed by atoms with Crippen molar-refractivity contribution in [3.8, 4) is 0 Å². The summed E-state index contributed by atoms with van der Waals surface area (Å²) in [5.74, 6) is 0. The number of rotatable bonds is 0. The van der Waals surface area contributed by atoms with Gasteiger partial charge in [0.15, 0.2) is 0 Å². The maximum absolute atomic E-state index is 4.45. The third-order valence-corrected chi connectivity index (χ3v) is 0. The van der Waals surface area contributed by atoms with Crippen LogP contribution in [0.25, 0.3) is 0 Å². The number of halogens is 4. The molecule has 0 nitrogen and oxygen atoms in total. The van der Waals surface area contributed by atoms with Crippen molar-refractivity contribution in [3.05, 3.63) is 0 Å². The van der Waals surface area contributed by atoms with Crippen LogP contribution in [0, 0.1) is 0 Å². The maximum atomic E-state index is 4.45. The summed E-state index contributed by atoms with van der Waals surface area (Å²) in [5, 5.41) is 0. The van der Waals surface area contributed by atoms with Crippen LogP contribution < -0.4 is 0 Å². The van der Waals surface area contributed by atoms with Crippen LogP contribution in [0.1, 0.15) is 0 Å². The van der Waals surface area contributed by atoms with Gasteiger partial charge in [0.2, 0.25) is 0 Å². The van der Waals surface area contributed by atoms with Gasteiger partial charge in [-0.2, -0.15) is 0 Å². The van der Waals surface area contributed by atoms with Gasteiger partial charge >= 0.3 is 0 Å². The molecule has 0 fully saturated rings. The fourth-order valence-electron chi connectivity index (χ4n) is 0. The van der Waals surface area contributed by atoms with Crippen LogP contribution in [0.5, 0.6) is 0 Å². The summed E-state index contributed by atoms with van der Waals surface area (Å²) >= 11 is 4.82. The van der Waals surface area contributed by atoms with Crippen molar-refractivity contribution in [2.45, 2.75) is 0 Å². The second-order valence-corrected chi connectivity index (χ2v) is 0. The van der Waals surface area contributed by atoms with Crippen molar-refractivity contribution >= 4 is 105 Å². The van der Waals surface area contributed by atoms with Crippen LogP contribution >= 0.6 is 50.3 Å². The zero-order chi connectivity index (χ0) is 4.00. The van der Waals surface area contributed by atoms with Gasteiger partial charge in [-0.25, -0.2) is 0 Å². The summed E-state index contributed by atoms with van der Waals surface area (Å²) in [6, 6.07) is 0. The average Bonchev–Trinajstić information content (AvgIpc) is 1.50. The number of hydrogen-bond acceptors (Lipinski definition) is 0. The van der Waals surface area contributed by atoms with E-state index in [-0.39, 0.29) is 54.6 Å². The minimum atomic E-state index is 0. The topological polar surface area (TPSA) is 0 Å². The molecule has 0 aromatic carbocycles. The molecule has 8 radical (unpaired) electrons. The fraction of sp³-hybridized carbons (Fsp3) is 0. The molecule has 36 valence electrons. The first-order chi connectivity index (χ1) is 2.00. The molecule has 0 saturated heterocycles. The first-order valence-electron chi connectivity index (χ1n) is 0.286. The standard InChI is InChI=1S/2BrCl.2Pb/c2*1-2;;. The van der Waals surface area contributed by atoms with Gasteiger partial charge in [-0.15, -0.1) is 0 Å². The molecule has 0 N–H and O–H groups in total. The summed E-state index contributed by atoms with van der Waals surface area (Å²) in [6.45, 7) is 0. The van der Waals surface area contributed by atoms with E-state index in [1.807, 2.05) is 0 Å². The molecule has 0 amide bonds. The minimum absolute atomic E-state index is 0. The Labute approximate surface area is 103 Å². The van der Waals surface area contributed by atoms with Gasteiger partial charge in [0.25, 0.3) is 0 Å². The Morgan fingerprint density at radius 2 is 0.667 bits per heavy atom. The van der Waals surface area contributed by atoms with E-state index >= 15 is 0 Å². The van der Waals surface area contributed by atoms with Crippen LogP contribution in [0.3, 0.4) is 0 Å². The average molecular weight is 645 g/mol. The van der Waals surface area contributed by atoms with Crippen LogP contribution in [0.4, 0.5) is 0 Å². The first-order valence-corrected chi connectivity index (χ1v) is 4.45. The second kappa shape index (κ2) is 39.9. The minimum Gasteiger partial charge on any atom is -0.0341 e. The first kappa shape index (κ1) is 22.8. The summed E-state index contributed by atoms with van der Waals surface area (Å²) in [4.78, 5) is 0. The van der Waals surface area contributed by atoms with Gasteiger partial charge in [-0.05, 0) is 20.2 Å². The monoisotopic (exact) mass is 644 g/mol. The number of hydrogen-bond donors (Lipinski definition) is 0. The zero-order valence-corrected chi connectivity index (χ0v) is 15.0. The predicted octanol–water partition coefficient (Wildman–Crippen LogP) is 2.31. The molecule has 0 aliphatic heterocycles. The molecule has 0 aliphatic rings. The fourth-order valence-corrected chi connectivity index (χ4v) is 0. The summed E-state index contributed by atoms with van der Waals surface area (Å²) in [7, 11) is 8.90. The van der Waals surface area contributed by atoms with Crippen LogP contribution in [-0.4, -0.2) is 54.6 Å². The molecule has 0 atom stereocenters. The van der Waals surface area contributed by atoms with Crippen molar-refractivity contribution in [3.63, 3.8) is 0 Å². The van der Waals surface area contributed by atoms with Crippen molar-refractivity contribution in [2.24, 2.45) is 0 Å². The Morgan fingerprint density at radius 1 is 0.667 bits per heavy atom. The van der Waals surface area contributed by atoms with E-state index in [9.17, 15) is 0 Å². The molecule has 0 aliphatic carbocycles. The molecular weight excluding hydrogens is 645 g/mol. The Hall–Kier alpha value is 3.38. The molecule has 6 heteroatoms. The summed E-state index contributed by atoms with van der Waals surface area (Å²) in [6.07, 6.45) is 0. The largest absolute Gasteiger partial charge is 0.0341 e. The quantitative estimate of drug-likeness (QED) is 0.356. The molecule has 6 heavy (non-hydrogen) atoms. The molecule has 0 bridgehead atoms. The van der Waals surface area contributed by atoms with Crippen molar-refractivity contribution < 1.29 is 0 Å². The third-order valence-electron chi connectivity index (χ3n) is 0. The molecule has 0 aromatic heterocycles. The van der Waals surface area contributed by atoms with Gasteiger partial charge in [0, 0.05) is 84.6 Å². The Morgan fingerprint density at radius 3 is 0.667 bits per heavy atom. The third kappa shape index (κ3) is 26.3. The van der Waals surface area contributed by atoms with Crippen molar-refractivity contribution in [1.82, 2.24) is 0 Å². The normalized spacial score (nSPS) is 2.00. The van der Waals surface area contributed by atoms with Gasteiger partial charge < -0.3 is 0 Å². The van der Waals surface area contributed by atoms with Gasteiger partial charge in [0.05, 0.1) is 0 Å². The summed E-state index contributed by atoms with van der Waals surface area (Å²) in [5.41, 5.74) is 0. The predicted molar refractivity (Wildman–Crippen MR) is 41.1 cm³/mol. The Bertz CT molecular complexity index is 9.51. The molecule has 0 spiro atoms. The van der Waals surface area contributed by atoms with Crippen LogP contribution in [-0.2, 0) is 0 Å². The van der Waals surface area contributed by atoms with E-state index in [1.54, 1.807) is 0 Å². The van der Waals surface area contributed by atoms with Crippen LogP contribution in [0.15, 0.2) is 0 Å². The van der Waals surface area contributed by atoms with E-state index in [4.69, 9.17) is 0 Å². The van der Waals surface area contributed by atoms with Gasteiger partial charge in [0.1, 0.15) is 0 Å². The Kier molecular flexibility index (Phi) is 151. The van der Waals surface area contributed by atoms with E-state index in [1.165, 1.54) is 0 Å². The van der Waals surface area contributed by atoms with Gasteiger partial charge in [-0.3, -0.25) is 0 Å². The van der Waals surface area contributed by atoms with E-state index in [0.29, 0.717) is 0 Å². The second-order valence-electron chi connectivity index (χ2n) is 0. The van der Waals surface area contributed by atoms with Crippen molar-refractivity contribution in [1.29, 1.82) is 0 Å². The maximum Gasteiger partial charge on any atom is 0.0341 e.